The predicted molar refractivity (Wildman–Crippen MR) is 88.9 cm³/mol. The van der Waals surface area contributed by atoms with Crippen LogP contribution in [0.15, 0.2) is 18.2 Å². The maximum atomic E-state index is 13.2. The van der Waals surface area contributed by atoms with Gasteiger partial charge in [0.25, 0.3) is 5.91 Å². The van der Waals surface area contributed by atoms with Gasteiger partial charge in [0.2, 0.25) is 0 Å². The van der Waals surface area contributed by atoms with Crippen LogP contribution in [0.5, 0.6) is 0 Å². The molecule has 1 unspecified atom stereocenters. The first-order valence-corrected chi connectivity index (χ1v) is 7.19. The molecule has 0 saturated carbocycles. The van der Waals surface area contributed by atoms with Gasteiger partial charge >= 0.3 is 0 Å². The van der Waals surface area contributed by atoms with E-state index in [4.69, 9.17) is 17.3 Å². The van der Waals surface area contributed by atoms with Crippen molar-refractivity contribution in [1.82, 2.24) is 20.3 Å². The van der Waals surface area contributed by atoms with Gasteiger partial charge in [-0.2, -0.15) is 0 Å². The summed E-state index contributed by atoms with van der Waals surface area (Å²) < 4.78 is 14.6. The van der Waals surface area contributed by atoms with Crippen LogP contribution in [0.3, 0.4) is 0 Å². The largest absolute Gasteiger partial charge is 0.351 e. The molecular weight excluding hydrogens is 344 g/mol. The Morgan fingerprint density at radius 3 is 2.83 bits per heavy atom. The Kier molecular flexibility index (Phi) is 6.93. The molecule has 0 aliphatic carbocycles. The van der Waals surface area contributed by atoms with E-state index in [9.17, 15) is 9.18 Å². The normalized spacial score (nSPS) is 11.7. The molecule has 1 heterocycles. The van der Waals surface area contributed by atoms with Crippen molar-refractivity contribution in [2.24, 2.45) is 5.73 Å². The molecule has 0 aliphatic rings. The topological polar surface area (TPSA) is 85.8 Å². The number of nitrogens with one attached hydrogen (secondary N) is 1. The highest BCUT2D eigenvalue weighted by molar-refractivity contribution is 6.30. The van der Waals surface area contributed by atoms with Gasteiger partial charge in [0.1, 0.15) is 5.82 Å². The fraction of sp³-hybridized carbons (Fsp3) is 0.357. The molecule has 0 fully saturated rings. The number of hydrogen-bond donors (Lipinski definition) is 2. The molecule has 3 N–H and O–H groups in total. The number of amides is 1. The lowest BCUT2D eigenvalue weighted by Crippen LogP contribution is -2.29. The summed E-state index contributed by atoms with van der Waals surface area (Å²) in [5.74, 6) is -0.838. The van der Waals surface area contributed by atoms with Gasteiger partial charge in [-0.05, 0) is 38.5 Å². The second kappa shape index (κ2) is 8.24. The zero-order valence-electron chi connectivity index (χ0n) is 12.7. The molecule has 126 valence electrons. The molecule has 1 aromatic heterocycles. The summed E-state index contributed by atoms with van der Waals surface area (Å²) in [6.45, 7) is 4.04. The van der Waals surface area contributed by atoms with Gasteiger partial charge in [-0.3, -0.25) is 4.79 Å². The number of carbonyl (C=O) groups is 1. The number of nitrogens with zero attached hydrogens (tertiary/aromatic N) is 3. The molecule has 6 nitrogen and oxygen atoms in total. The lowest BCUT2D eigenvalue weighted by atomic mass is 10.2. The number of rotatable bonds is 5. The SMILES string of the molecule is Cc1c(C(=O)NCCC(C)N)nnn1-c1ccc(F)c(Cl)c1.Cl. The highest BCUT2D eigenvalue weighted by Crippen LogP contribution is 2.20. The van der Waals surface area contributed by atoms with Gasteiger partial charge in [0.05, 0.1) is 16.4 Å². The monoisotopic (exact) mass is 361 g/mol. The number of nitrogens with two attached hydrogens (primary N) is 1. The molecule has 0 bridgehead atoms. The van der Waals surface area contributed by atoms with E-state index in [1.807, 2.05) is 6.92 Å². The second-order valence-corrected chi connectivity index (χ2v) is 5.46. The lowest BCUT2D eigenvalue weighted by molar-refractivity contribution is 0.0947. The maximum absolute atomic E-state index is 13.2. The van der Waals surface area contributed by atoms with Gasteiger partial charge in [-0.25, -0.2) is 9.07 Å². The van der Waals surface area contributed by atoms with Crippen LogP contribution < -0.4 is 11.1 Å². The molecule has 0 saturated heterocycles. The third-order valence-corrected chi connectivity index (χ3v) is 3.43. The van der Waals surface area contributed by atoms with E-state index >= 15 is 0 Å². The first-order chi connectivity index (χ1) is 10.4. The van der Waals surface area contributed by atoms with E-state index in [0.717, 1.165) is 0 Å². The van der Waals surface area contributed by atoms with E-state index in [1.54, 1.807) is 6.92 Å². The standard InChI is InChI=1S/C14H17ClFN5O.ClH/c1-8(17)5-6-18-14(22)13-9(2)21(20-19-13)10-3-4-12(16)11(15)7-10;/h3-4,7-8H,5-6,17H2,1-2H3,(H,18,22);1H. The fourth-order valence-corrected chi connectivity index (χ4v) is 2.07. The van der Waals surface area contributed by atoms with Crippen molar-refractivity contribution in [3.8, 4) is 5.69 Å². The third kappa shape index (κ3) is 4.63. The number of halogens is 3. The zero-order valence-corrected chi connectivity index (χ0v) is 14.3. The smallest absolute Gasteiger partial charge is 0.273 e. The Bertz CT molecular complexity index is 690. The average Bonchev–Trinajstić information content (AvgIpc) is 2.83. The van der Waals surface area contributed by atoms with Crippen LogP contribution in [0, 0.1) is 12.7 Å². The Balaban J connectivity index is 0.00000264. The molecular formula is C14H18Cl2FN5O. The van der Waals surface area contributed by atoms with Crippen LogP contribution in [0.1, 0.15) is 29.5 Å². The van der Waals surface area contributed by atoms with Gasteiger partial charge in [0, 0.05) is 12.6 Å². The van der Waals surface area contributed by atoms with Crippen LogP contribution in [0.4, 0.5) is 4.39 Å². The summed E-state index contributed by atoms with van der Waals surface area (Å²) in [5, 5.41) is 10.5. The van der Waals surface area contributed by atoms with Crippen molar-refractivity contribution in [3.05, 3.63) is 40.4 Å². The number of benzene rings is 1. The molecule has 23 heavy (non-hydrogen) atoms. The summed E-state index contributed by atoms with van der Waals surface area (Å²) in [6.07, 6.45) is 0.673. The van der Waals surface area contributed by atoms with Crippen molar-refractivity contribution in [1.29, 1.82) is 0 Å². The molecule has 2 aromatic rings. The summed E-state index contributed by atoms with van der Waals surface area (Å²) in [6, 6.07) is 4.19. The molecule has 0 spiro atoms. The zero-order chi connectivity index (χ0) is 16.3. The maximum Gasteiger partial charge on any atom is 0.273 e. The van der Waals surface area contributed by atoms with E-state index in [2.05, 4.69) is 15.6 Å². The van der Waals surface area contributed by atoms with Crippen molar-refractivity contribution in [2.45, 2.75) is 26.3 Å². The van der Waals surface area contributed by atoms with Crippen LogP contribution >= 0.6 is 24.0 Å². The van der Waals surface area contributed by atoms with Crippen LogP contribution in [0.25, 0.3) is 5.69 Å². The van der Waals surface area contributed by atoms with Crippen molar-refractivity contribution in [3.63, 3.8) is 0 Å². The highest BCUT2D eigenvalue weighted by Gasteiger charge is 2.17. The summed E-state index contributed by atoms with van der Waals surface area (Å²) in [7, 11) is 0. The van der Waals surface area contributed by atoms with Gasteiger partial charge in [-0.15, -0.1) is 17.5 Å². The van der Waals surface area contributed by atoms with Crippen molar-refractivity contribution in [2.75, 3.05) is 6.54 Å². The molecule has 0 aliphatic heterocycles. The van der Waals surface area contributed by atoms with Crippen molar-refractivity contribution >= 4 is 29.9 Å². The molecule has 1 aromatic carbocycles. The fourth-order valence-electron chi connectivity index (χ4n) is 1.90. The third-order valence-electron chi connectivity index (χ3n) is 3.14. The van der Waals surface area contributed by atoms with Crippen molar-refractivity contribution < 1.29 is 9.18 Å². The Hall–Kier alpha value is -1.70. The predicted octanol–water partition coefficient (Wildman–Crippen LogP) is 2.26. The summed E-state index contributed by atoms with van der Waals surface area (Å²) in [5.41, 5.74) is 6.92. The number of carbonyl (C=O) groups excluding carboxylic acids is 1. The first-order valence-electron chi connectivity index (χ1n) is 6.81. The van der Waals surface area contributed by atoms with E-state index in [0.29, 0.717) is 24.3 Å². The Morgan fingerprint density at radius 2 is 2.22 bits per heavy atom. The lowest BCUT2D eigenvalue weighted by Gasteiger charge is -2.07. The minimum Gasteiger partial charge on any atom is -0.351 e. The number of hydrogen-bond acceptors (Lipinski definition) is 4. The van der Waals surface area contributed by atoms with Crippen LogP contribution in [-0.4, -0.2) is 33.5 Å². The summed E-state index contributed by atoms with van der Waals surface area (Å²) in [4.78, 5) is 12.1. The minimum absolute atomic E-state index is 0. The van der Waals surface area contributed by atoms with E-state index in [1.165, 1.54) is 22.9 Å². The van der Waals surface area contributed by atoms with Gasteiger partial charge in [-0.1, -0.05) is 16.8 Å². The summed E-state index contributed by atoms with van der Waals surface area (Å²) >= 11 is 5.76. The Morgan fingerprint density at radius 1 is 1.52 bits per heavy atom. The highest BCUT2D eigenvalue weighted by atomic mass is 35.5. The van der Waals surface area contributed by atoms with Gasteiger partial charge in [0.15, 0.2) is 5.69 Å². The Labute approximate surface area is 144 Å². The van der Waals surface area contributed by atoms with E-state index < -0.39 is 5.82 Å². The minimum atomic E-state index is -0.517. The quantitative estimate of drug-likeness (QED) is 0.854. The van der Waals surface area contributed by atoms with Crippen LogP contribution in [-0.2, 0) is 0 Å². The average molecular weight is 362 g/mol. The number of aromatic nitrogens is 3. The van der Waals surface area contributed by atoms with E-state index in [-0.39, 0.29) is 35.1 Å². The first kappa shape index (κ1) is 19.3. The molecule has 2 rings (SSSR count). The van der Waals surface area contributed by atoms with Crippen LogP contribution in [0.2, 0.25) is 5.02 Å². The van der Waals surface area contributed by atoms with Gasteiger partial charge < -0.3 is 11.1 Å². The molecule has 0 radical (unpaired) electrons. The molecule has 9 heteroatoms. The molecule has 1 amide bonds. The molecule has 1 atom stereocenters. The second-order valence-electron chi connectivity index (χ2n) is 5.06.